The monoisotopic (exact) mass is 479 g/mol. The normalized spacial score (nSPS) is 39.8. The van der Waals surface area contributed by atoms with Crippen LogP contribution in [0.2, 0.25) is 0 Å². The number of hydrogen-bond donors (Lipinski definition) is 1. The van der Waals surface area contributed by atoms with Crippen molar-refractivity contribution in [1.29, 1.82) is 0 Å². The molecule has 5 fully saturated rings. The van der Waals surface area contributed by atoms with Gasteiger partial charge in [-0.3, -0.25) is 0 Å². The van der Waals surface area contributed by atoms with E-state index < -0.39 is 5.97 Å². The van der Waals surface area contributed by atoms with Gasteiger partial charge in [-0.2, -0.15) is 0 Å². The minimum absolute atomic E-state index is 0.00798. The maximum atomic E-state index is 12.9. The van der Waals surface area contributed by atoms with Crippen molar-refractivity contribution in [3.63, 3.8) is 0 Å². The van der Waals surface area contributed by atoms with Crippen molar-refractivity contribution in [1.82, 2.24) is 4.90 Å². The molecular formula is C25H37NO8. The van der Waals surface area contributed by atoms with Gasteiger partial charge in [-0.05, 0) is 52.9 Å². The summed E-state index contributed by atoms with van der Waals surface area (Å²) in [5.74, 6) is -0.945. The molecule has 5 rings (SSSR count). The number of hydrogen-bond acceptors (Lipinski definition) is 7. The van der Waals surface area contributed by atoms with E-state index in [1.165, 1.54) is 5.57 Å². The molecule has 0 unspecified atom stereocenters. The molecule has 0 aromatic rings. The van der Waals surface area contributed by atoms with Gasteiger partial charge in [0, 0.05) is 25.6 Å². The van der Waals surface area contributed by atoms with Crippen molar-refractivity contribution in [2.75, 3.05) is 33.4 Å². The molecule has 3 heterocycles. The number of methoxy groups -OCH3 is 1. The first-order valence-corrected chi connectivity index (χ1v) is 12.4. The van der Waals surface area contributed by atoms with E-state index in [-0.39, 0.29) is 59.7 Å². The van der Waals surface area contributed by atoms with Gasteiger partial charge in [-0.15, -0.1) is 0 Å². The number of carbonyl (C=O) groups is 2. The zero-order chi connectivity index (χ0) is 24.3. The minimum atomic E-state index is -0.953. The number of nitrogens with zero attached hydrogens (tertiary/aromatic N) is 1. The molecule has 2 spiro atoms. The average molecular weight is 480 g/mol. The first kappa shape index (κ1) is 24.0. The first-order chi connectivity index (χ1) is 16.1. The molecule has 3 saturated heterocycles. The highest BCUT2D eigenvalue weighted by atomic mass is 16.6. The summed E-state index contributed by atoms with van der Waals surface area (Å²) in [6, 6.07) is 0. The Morgan fingerprint density at radius 2 is 1.94 bits per heavy atom. The van der Waals surface area contributed by atoms with Gasteiger partial charge < -0.3 is 33.7 Å². The molecule has 0 bridgehead atoms. The molecular weight excluding hydrogens is 442 g/mol. The van der Waals surface area contributed by atoms with Crippen molar-refractivity contribution in [3.05, 3.63) is 11.6 Å². The van der Waals surface area contributed by atoms with Crippen LogP contribution in [-0.4, -0.2) is 91.1 Å². The number of amides is 1. The Labute approximate surface area is 200 Å². The topological polar surface area (TPSA) is 110 Å². The van der Waals surface area contributed by atoms with Gasteiger partial charge in [0.1, 0.15) is 30.0 Å². The second kappa shape index (κ2) is 8.47. The summed E-state index contributed by atoms with van der Waals surface area (Å²) >= 11 is 0. The molecule has 34 heavy (non-hydrogen) atoms. The van der Waals surface area contributed by atoms with Crippen molar-refractivity contribution in [2.24, 2.45) is 11.3 Å². The lowest BCUT2D eigenvalue weighted by Crippen LogP contribution is -2.66. The molecule has 3 aliphatic heterocycles. The van der Waals surface area contributed by atoms with Crippen LogP contribution in [0.15, 0.2) is 11.6 Å². The number of likely N-dealkylation sites (tertiary alicyclic amines) is 1. The number of carboxylic acid groups (broad SMARTS) is 1. The molecule has 0 aromatic heterocycles. The molecule has 2 saturated carbocycles. The highest BCUT2D eigenvalue weighted by molar-refractivity contribution is 5.69. The lowest BCUT2D eigenvalue weighted by molar-refractivity contribution is -0.168. The standard InChI is InChI=1S/C25H37NO8/c1-15(2)5-6-18-23(3,34-18)21-20(30-4)17(7-8-25(21)14-32-25)33-22(29)26-12-24(13-26)9-16(10-24)31-11-19(27)28/h5,16-18,20-21H,6-14H2,1-4H3,(H,27,28)/t17-,18-,20-,21-,23+,25+/m1/s1. The van der Waals surface area contributed by atoms with Crippen molar-refractivity contribution in [3.8, 4) is 0 Å². The zero-order valence-electron chi connectivity index (χ0n) is 20.6. The van der Waals surface area contributed by atoms with Gasteiger partial charge >= 0.3 is 12.1 Å². The Bertz CT molecular complexity index is 851. The zero-order valence-corrected chi connectivity index (χ0v) is 20.6. The molecule has 0 radical (unpaired) electrons. The van der Waals surface area contributed by atoms with E-state index in [1.807, 2.05) is 0 Å². The summed E-state index contributed by atoms with van der Waals surface area (Å²) in [6.45, 7) is 8.01. The Morgan fingerprint density at radius 1 is 1.24 bits per heavy atom. The summed E-state index contributed by atoms with van der Waals surface area (Å²) < 4.78 is 29.5. The maximum Gasteiger partial charge on any atom is 0.410 e. The Balaban J connectivity index is 1.16. The highest BCUT2D eigenvalue weighted by Crippen LogP contribution is 2.59. The van der Waals surface area contributed by atoms with E-state index in [0.717, 1.165) is 25.7 Å². The van der Waals surface area contributed by atoms with Crippen molar-refractivity contribution < 1.29 is 38.4 Å². The lowest BCUT2D eigenvalue weighted by atomic mass is 9.62. The van der Waals surface area contributed by atoms with Gasteiger partial charge in [0.2, 0.25) is 0 Å². The fourth-order valence-corrected chi connectivity index (χ4v) is 6.64. The van der Waals surface area contributed by atoms with Crippen LogP contribution in [0.5, 0.6) is 0 Å². The third-order valence-corrected chi connectivity index (χ3v) is 8.56. The second-order valence-corrected chi connectivity index (χ2v) is 11.4. The number of epoxide rings is 2. The fraction of sp³-hybridized carbons (Fsp3) is 0.840. The van der Waals surface area contributed by atoms with Crippen LogP contribution in [0.3, 0.4) is 0 Å². The summed E-state index contributed by atoms with van der Waals surface area (Å²) in [4.78, 5) is 25.3. The van der Waals surface area contributed by atoms with Crippen LogP contribution in [0.1, 0.15) is 52.9 Å². The first-order valence-electron chi connectivity index (χ1n) is 12.4. The molecule has 6 atom stereocenters. The predicted molar refractivity (Wildman–Crippen MR) is 120 cm³/mol. The molecule has 5 aliphatic rings. The third-order valence-electron chi connectivity index (χ3n) is 8.56. The number of ether oxygens (including phenoxy) is 5. The second-order valence-electron chi connectivity index (χ2n) is 11.4. The van der Waals surface area contributed by atoms with E-state index >= 15 is 0 Å². The Hall–Kier alpha value is -1.68. The van der Waals surface area contributed by atoms with E-state index in [0.29, 0.717) is 26.1 Å². The lowest BCUT2D eigenvalue weighted by Gasteiger charge is -2.58. The van der Waals surface area contributed by atoms with Crippen LogP contribution in [0.4, 0.5) is 4.79 Å². The van der Waals surface area contributed by atoms with Gasteiger partial charge in [-0.25, -0.2) is 9.59 Å². The molecule has 1 N–H and O–H groups in total. The molecule has 1 amide bonds. The maximum absolute atomic E-state index is 12.9. The van der Waals surface area contributed by atoms with Crippen molar-refractivity contribution >= 4 is 12.1 Å². The van der Waals surface area contributed by atoms with E-state index in [9.17, 15) is 9.59 Å². The van der Waals surface area contributed by atoms with Gasteiger partial charge in [0.15, 0.2) is 0 Å². The Kier molecular flexibility index (Phi) is 5.98. The quantitative estimate of drug-likeness (QED) is 0.418. The highest BCUT2D eigenvalue weighted by Gasteiger charge is 2.72. The number of allylic oxidation sites excluding steroid dienone is 1. The third kappa shape index (κ3) is 4.25. The van der Waals surface area contributed by atoms with Crippen LogP contribution >= 0.6 is 0 Å². The number of carbonyl (C=O) groups excluding carboxylic acids is 1. The van der Waals surface area contributed by atoms with E-state index in [4.69, 9.17) is 28.8 Å². The summed E-state index contributed by atoms with van der Waals surface area (Å²) in [6.07, 6.45) is 5.34. The molecule has 9 heteroatoms. The van der Waals surface area contributed by atoms with Gasteiger partial charge in [0.25, 0.3) is 0 Å². The Morgan fingerprint density at radius 3 is 2.53 bits per heavy atom. The largest absolute Gasteiger partial charge is 0.480 e. The average Bonchev–Trinajstić information content (AvgIpc) is 3.62. The molecule has 0 aromatic carbocycles. The van der Waals surface area contributed by atoms with E-state index in [1.54, 1.807) is 12.0 Å². The molecule has 190 valence electrons. The van der Waals surface area contributed by atoms with E-state index in [2.05, 4.69) is 26.8 Å². The van der Waals surface area contributed by atoms with Gasteiger partial charge in [0.05, 0.1) is 24.7 Å². The van der Waals surface area contributed by atoms with Crippen LogP contribution < -0.4 is 0 Å². The van der Waals surface area contributed by atoms with Crippen molar-refractivity contribution in [2.45, 2.75) is 88.5 Å². The number of aliphatic carboxylic acids is 1. The summed E-state index contributed by atoms with van der Waals surface area (Å²) in [5, 5.41) is 8.74. The predicted octanol–water partition coefficient (Wildman–Crippen LogP) is 2.77. The molecule has 2 aliphatic carbocycles. The van der Waals surface area contributed by atoms with Crippen LogP contribution in [0, 0.1) is 11.3 Å². The minimum Gasteiger partial charge on any atom is -0.480 e. The summed E-state index contributed by atoms with van der Waals surface area (Å²) in [7, 11) is 1.68. The number of carboxylic acids is 1. The van der Waals surface area contributed by atoms with Gasteiger partial charge in [-0.1, -0.05) is 11.6 Å². The number of rotatable bonds is 8. The molecule has 9 nitrogen and oxygen atoms in total. The SMILES string of the molecule is CO[C@@H]1[C@H](OC(=O)N2CC3(CC(OCC(=O)O)C3)C2)CC[C@]2(CO2)[C@H]1[C@@]1(C)O[C@@H]1CC=C(C)C. The summed E-state index contributed by atoms with van der Waals surface area (Å²) in [5.41, 5.74) is 0.728. The van der Waals surface area contributed by atoms with Crippen LogP contribution in [0.25, 0.3) is 0 Å². The smallest absolute Gasteiger partial charge is 0.410 e. The van der Waals surface area contributed by atoms with Crippen LogP contribution in [-0.2, 0) is 28.5 Å². The fourth-order valence-electron chi connectivity index (χ4n) is 6.64.